The van der Waals surface area contributed by atoms with Gasteiger partial charge in [0.05, 0.1) is 10.9 Å². The number of aromatic nitrogens is 2. The zero-order chi connectivity index (χ0) is 13.1. The summed E-state index contributed by atoms with van der Waals surface area (Å²) in [6.45, 7) is 1.93. The molecule has 1 aromatic carbocycles. The number of ether oxygens (including phenoxy) is 1. The van der Waals surface area contributed by atoms with Crippen molar-refractivity contribution >= 4 is 16.9 Å². The van der Waals surface area contributed by atoms with Gasteiger partial charge in [-0.25, -0.2) is 4.79 Å². The lowest BCUT2D eigenvalue weighted by molar-refractivity contribution is -0.145. The molecule has 1 atom stereocenters. The van der Waals surface area contributed by atoms with E-state index in [9.17, 15) is 4.79 Å². The predicted octanol–water partition coefficient (Wildman–Crippen LogP) is 2.21. The highest BCUT2D eigenvalue weighted by atomic mass is 16.5. The molecule has 0 fully saturated rings. The van der Waals surface area contributed by atoms with Gasteiger partial charge in [0.25, 0.3) is 0 Å². The Kier molecular flexibility index (Phi) is 3.50. The summed E-state index contributed by atoms with van der Waals surface area (Å²) >= 11 is 0. The number of aryl methyl sites for hydroxylation is 1. The molecule has 0 aliphatic rings. The Balaban J connectivity index is 2.33. The van der Waals surface area contributed by atoms with Crippen molar-refractivity contribution < 1.29 is 14.6 Å². The van der Waals surface area contributed by atoms with Crippen LogP contribution >= 0.6 is 0 Å². The highest BCUT2D eigenvalue weighted by molar-refractivity contribution is 5.85. The SMILES string of the molecule is CCC[C@H](Oc1nn(C)c2ccccc12)C(=O)O. The van der Waals surface area contributed by atoms with Crippen LogP contribution in [0.5, 0.6) is 5.88 Å². The fourth-order valence-electron chi connectivity index (χ4n) is 1.90. The molecule has 2 aromatic rings. The molecule has 18 heavy (non-hydrogen) atoms. The monoisotopic (exact) mass is 248 g/mol. The summed E-state index contributed by atoms with van der Waals surface area (Å²) in [4.78, 5) is 11.1. The van der Waals surface area contributed by atoms with Crippen molar-refractivity contribution in [2.45, 2.75) is 25.9 Å². The van der Waals surface area contributed by atoms with Gasteiger partial charge in [-0.2, -0.15) is 0 Å². The molecule has 0 saturated carbocycles. The van der Waals surface area contributed by atoms with Gasteiger partial charge in [0.2, 0.25) is 5.88 Å². The second kappa shape index (κ2) is 5.08. The van der Waals surface area contributed by atoms with Crippen LogP contribution in [-0.4, -0.2) is 27.0 Å². The summed E-state index contributed by atoms with van der Waals surface area (Å²) in [6, 6.07) is 7.59. The number of para-hydroxylation sites is 1. The van der Waals surface area contributed by atoms with Gasteiger partial charge in [-0.1, -0.05) is 25.5 Å². The van der Waals surface area contributed by atoms with Crippen LogP contribution < -0.4 is 4.74 Å². The number of carbonyl (C=O) groups is 1. The Bertz CT molecular complexity index is 562. The van der Waals surface area contributed by atoms with Crippen molar-refractivity contribution in [1.29, 1.82) is 0 Å². The minimum Gasteiger partial charge on any atom is -0.479 e. The molecular weight excluding hydrogens is 232 g/mol. The first-order valence-corrected chi connectivity index (χ1v) is 5.94. The van der Waals surface area contributed by atoms with Crippen LogP contribution in [0, 0.1) is 0 Å². The average molecular weight is 248 g/mol. The third-order valence-corrected chi connectivity index (χ3v) is 2.80. The summed E-state index contributed by atoms with van der Waals surface area (Å²) in [6.07, 6.45) is 0.385. The third kappa shape index (κ3) is 2.30. The van der Waals surface area contributed by atoms with Gasteiger partial charge in [-0.3, -0.25) is 4.68 Å². The molecular formula is C13H16N2O3. The maximum atomic E-state index is 11.1. The number of benzene rings is 1. The second-order valence-electron chi connectivity index (χ2n) is 4.18. The summed E-state index contributed by atoms with van der Waals surface area (Å²) in [5.74, 6) is -0.569. The number of rotatable bonds is 5. The van der Waals surface area contributed by atoms with Gasteiger partial charge in [-0.15, -0.1) is 5.10 Å². The average Bonchev–Trinajstić information content (AvgIpc) is 2.66. The molecule has 1 N–H and O–H groups in total. The van der Waals surface area contributed by atoms with Crippen LogP contribution in [-0.2, 0) is 11.8 Å². The van der Waals surface area contributed by atoms with Gasteiger partial charge in [0, 0.05) is 7.05 Å². The van der Waals surface area contributed by atoms with E-state index in [0.717, 1.165) is 17.3 Å². The van der Waals surface area contributed by atoms with E-state index in [-0.39, 0.29) is 0 Å². The fourth-order valence-corrected chi connectivity index (χ4v) is 1.90. The molecule has 0 aliphatic carbocycles. The van der Waals surface area contributed by atoms with E-state index in [1.54, 1.807) is 4.68 Å². The quantitative estimate of drug-likeness (QED) is 0.881. The standard InChI is InChI=1S/C13H16N2O3/c1-3-6-11(13(16)17)18-12-9-7-4-5-8-10(9)15(2)14-12/h4-5,7-8,11H,3,6H2,1-2H3,(H,16,17)/t11-/m0/s1. The van der Waals surface area contributed by atoms with E-state index in [1.165, 1.54) is 0 Å². The molecule has 1 heterocycles. The molecule has 5 nitrogen and oxygen atoms in total. The molecule has 1 aromatic heterocycles. The zero-order valence-electron chi connectivity index (χ0n) is 10.5. The molecule has 0 saturated heterocycles. The van der Waals surface area contributed by atoms with Crippen molar-refractivity contribution in [3.63, 3.8) is 0 Å². The number of fused-ring (bicyclic) bond motifs is 1. The van der Waals surface area contributed by atoms with Crippen molar-refractivity contribution in [1.82, 2.24) is 9.78 Å². The summed E-state index contributed by atoms with van der Waals surface area (Å²) < 4.78 is 7.21. The van der Waals surface area contributed by atoms with E-state index in [2.05, 4.69) is 5.10 Å². The topological polar surface area (TPSA) is 64.4 Å². The lowest BCUT2D eigenvalue weighted by Gasteiger charge is -2.12. The Hall–Kier alpha value is -2.04. The first-order chi connectivity index (χ1) is 8.63. The van der Waals surface area contributed by atoms with Crippen LogP contribution in [0.15, 0.2) is 24.3 Å². The predicted molar refractivity (Wildman–Crippen MR) is 67.7 cm³/mol. The lowest BCUT2D eigenvalue weighted by atomic mass is 10.2. The fraction of sp³-hybridized carbons (Fsp3) is 0.385. The third-order valence-electron chi connectivity index (χ3n) is 2.80. The normalized spacial score (nSPS) is 12.6. The summed E-state index contributed by atoms with van der Waals surface area (Å²) in [7, 11) is 1.81. The number of hydrogen-bond acceptors (Lipinski definition) is 3. The number of nitrogens with zero attached hydrogens (tertiary/aromatic N) is 2. The molecule has 0 spiro atoms. The molecule has 0 radical (unpaired) electrons. The molecule has 0 aliphatic heterocycles. The first-order valence-electron chi connectivity index (χ1n) is 5.94. The summed E-state index contributed by atoms with van der Waals surface area (Å²) in [5.41, 5.74) is 0.924. The van der Waals surface area contributed by atoms with E-state index in [4.69, 9.17) is 9.84 Å². The van der Waals surface area contributed by atoms with E-state index in [0.29, 0.717) is 12.3 Å². The van der Waals surface area contributed by atoms with Crippen LogP contribution in [0.3, 0.4) is 0 Å². The van der Waals surface area contributed by atoms with Gasteiger partial charge in [0.1, 0.15) is 0 Å². The minimum atomic E-state index is -0.952. The van der Waals surface area contributed by atoms with Crippen molar-refractivity contribution in [2.75, 3.05) is 0 Å². The molecule has 96 valence electrons. The maximum absolute atomic E-state index is 11.1. The Morgan fingerprint density at radius 1 is 1.50 bits per heavy atom. The smallest absolute Gasteiger partial charge is 0.344 e. The van der Waals surface area contributed by atoms with Crippen molar-refractivity contribution in [3.8, 4) is 5.88 Å². The van der Waals surface area contributed by atoms with Crippen LogP contribution in [0.25, 0.3) is 10.9 Å². The van der Waals surface area contributed by atoms with Crippen molar-refractivity contribution in [2.24, 2.45) is 7.05 Å². The van der Waals surface area contributed by atoms with E-state index in [1.807, 2.05) is 38.2 Å². The van der Waals surface area contributed by atoms with E-state index >= 15 is 0 Å². The molecule has 0 unspecified atom stereocenters. The van der Waals surface area contributed by atoms with E-state index < -0.39 is 12.1 Å². The lowest BCUT2D eigenvalue weighted by Crippen LogP contribution is -2.26. The number of carboxylic acids is 1. The minimum absolute atomic E-state index is 0.383. The Morgan fingerprint density at radius 2 is 2.22 bits per heavy atom. The first kappa shape index (κ1) is 12.4. The van der Waals surface area contributed by atoms with Crippen LogP contribution in [0.1, 0.15) is 19.8 Å². The molecule has 0 bridgehead atoms. The Labute approximate surface area is 105 Å². The highest BCUT2D eigenvalue weighted by Gasteiger charge is 2.21. The van der Waals surface area contributed by atoms with Gasteiger partial charge >= 0.3 is 5.97 Å². The summed E-state index contributed by atoms with van der Waals surface area (Å²) in [5, 5.41) is 14.1. The van der Waals surface area contributed by atoms with Gasteiger partial charge < -0.3 is 9.84 Å². The second-order valence-corrected chi connectivity index (χ2v) is 4.18. The van der Waals surface area contributed by atoms with Crippen LogP contribution in [0.2, 0.25) is 0 Å². The van der Waals surface area contributed by atoms with Crippen molar-refractivity contribution in [3.05, 3.63) is 24.3 Å². The maximum Gasteiger partial charge on any atom is 0.344 e. The largest absolute Gasteiger partial charge is 0.479 e. The Morgan fingerprint density at radius 3 is 2.89 bits per heavy atom. The number of aliphatic carboxylic acids is 1. The van der Waals surface area contributed by atoms with Gasteiger partial charge in [0.15, 0.2) is 6.10 Å². The molecule has 0 amide bonds. The number of carboxylic acid groups (broad SMARTS) is 1. The van der Waals surface area contributed by atoms with Crippen LogP contribution in [0.4, 0.5) is 0 Å². The zero-order valence-corrected chi connectivity index (χ0v) is 10.5. The molecule has 5 heteroatoms. The number of hydrogen-bond donors (Lipinski definition) is 1. The van der Waals surface area contributed by atoms with Gasteiger partial charge in [-0.05, 0) is 18.6 Å². The highest BCUT2D eigenvalue weighted by Crippen LogP contribution is 2.25. The molecule has 2 rings (SSSR count).